The largest absolute Gasteiger partial charge is 0.370 e. The highest BCUT2D eigenvalue weighted by Gasteiger charge is 2.17. The smallest absolute Gasteiger partial charge is 0.332 e. The van der Waals surface area contributed by atoms with Crippen molar-refractivity contribution in [3.8, 4) is 16.9 Å². The fourth-order valence-corrected chi connectivity index (χ4v) is 3.36. The Balaban J connectivity index is 2.02. The van der Waals surface area contributed by atoms with Crippen molar-refractivity contribution in [1.82, 2.24) is 9.55 Å². The number of imidazole rings is 1. The van der Waals surface area contributed by atoms with E-state index in [9.17, 15) is 4.79 Å². The number of hydrogen-bond donors (Lipinski definition) is 2. The molecule has 3 aromatic rings. The average Bonchev–Trinajstić information content (AvgIpc) is 3.00. The van der Waals surface area contributed by atoms with E-state index in [0.717, 1.165) is 24.2 Å². The first-order valence-electron chi connectivity index (χ1n) is 9.21. The lowest BCUT2D eigenvalue weighted by molar-refractivity contribution is 0.684. The van der Waals surface area contributed by atoms with Crippen molar-refractivity contribution in [2.45, 2.75) is 32.6 Å². The van der Waals surface area contributed by atoms with Gasteiger partial charge in [-0.15, -0.1) is 0 Å². The van der Waals surface area contributed by atoms with Crippen LogP contribution in [0.3, 0.4) is 0 Å². The molecule has 0 saturated carbocycles. The predicted octanol–water partition coefficient (Wildman–Crippen LogP) is 6.13. The zero-order chi connectivity index (χ0) is 19.2. The van der Waals surface area contributed by atoms with Gasteiger partial charge in [0.1, 0.15) is 5.82 Å². The fourth-order valence-electron chi connectivity index (χ4n) is 3.07. The van der Waals surface area contributed by atoms with E-state index in [2.05, 4.69) is 17.2 Å². The van der Waals surface area contributed by atoms with Crippen molar-refractivity contribution >= 4 is 29.0 Å². The van der Waals surface area contributed by atoms with Crippen LogP contribution in [0.2, 0.25) is 10.0 Å². The Kier molecular flexibility index (Phi) is 6.64. The summed E-state index contributed by atoms with van der Waals surface area (Å²) in [6.07, 6.45) is 4.64. The minimum Gasteiger partial charge on any atom is -0.370 e. The maximum Gasteiger partial charge on any atom is 0.332 e. The number of hydrogen-bond acceptors (Lipinski definition) is 2. The van der Waals surface area contributed by atoms with Crippen LogP contribution >= 0.6 is 23.2 Å². The number of nitrogens with one attached hydrogen (secondary N) is 2. The third kappa shape index (κ3) is 4.57. The molecule has 3 rings (SSSR count). The second kappa shape index (κ2) is 9.16. The van der Waals surface area contributed by atoms with Gasteiger partial charge in [-0.2, -0.15) is 0 Å². The van der Waals surface area contributed by atoms with E-state index in [1.807, 2.05) is 30.3 Å². The van der Waals surface area contributed by atoms with Gasteiger partial charge < -0.3 is 5.32 Å². The summed E-state index contributed by atoms with van der Waals surface area (Å²) in [6.45, 7) is 3.00. The molecule has 4 nitrogen and oxygen atoms in total. The maximum absolute atomic E-state index is 12.8. The first kappa shape index (κ1) is 19.6. The van der Waals surface area contributed by atoms with Gasteiger partial charge in [-0.1, -0.05) is 79.7 Å². The Morgan fingerprint density at radius 3 is 2.48 bits per heavy atom. The molecular formula is C21H23Cl2N3O. The number of aromatic amines is 1. The van der Waals surface area contributed by atoms with E-state index in [1.165, 1.54) is 19.3 Å². The molecule has 0 amide bonds. The quantitative estimate of drug-likeness (QED) is 0.444. The highest BCUT2D eigenvalue weighted by Crippen LogP contribution is 2.30. The summed E-state index contributed by atoms with van der Waals surface area (Å²) in [5.41, 5.74) is 2.18. The average molecular weight is 404 g/mol. The Bertz CT molecular complexity index is 948. The first-order valence-corrected chi connectivity index (χ1v) is 9.97. The lowest BCUT2D eigenvalue weighted by Gasteiger charge is -2.12. The second-order valence-electron chi connectivity index (χ2n) is 6.44. The van der Waals surface area contributed by atoms with Gasteiger partial charge in [0, 0.05) is 12.1 Å². The lowest BCUT2D eigenvalue weighted by atomic mass is 10.1. The summed E-state index contributed by atoms with van der Waals surface area (Å²) in [4.78, 5) is 15.7. The molecule has 2 N–H and O–H groups in total. The van der Waals surface area contributed by atoms with E-state index in [1.54, 1.807) is 22.8 Å². The van der Waals surface area contributed by atoms with Gasteiger partial charge >= 0.3 is 5.69 Å². The second-order valence-corrected chi connectivity index (χ2v) is 7.26. The summed E-state index contributed by atoms with van der Waals surface area (Å²) in [6, 6.07) is 15.0. The van der Waals surface area contributed by atoms with Crippen LogP contribution in [0.25, 0.3) is 16.9 Å². The summed E-state index contributed by atoms with van der Waals surface area (Å²) >= 11 is 12.2. The van der Waals surface area contributed by atoms with Gasteiger partial charge in [-0.3, -0.25) is 9.55 Å². The van der Waals surface area contributed by atoms with Crippen molar-refractivity contribution in [2.75, 3.05) is 11.9 Å². The van der Waals surface area contributed by atoms with E-state index >= 15 is 0 Å². The van der Waals surface area contributed by atoms with Crippen molar-refractivity contribution < 1.29 is 0 Å². The fraction of sp³-hybridized carbons (Fsp3) is 0.286. The number of halogens is 2. The molecule has 0 radical (unpaired) electrons. The van der Waals surface area contributed by atoms with E-state index in [-0.39, 0.29) is 5.69 Å². The van der Waals surface area contributed by atoms with Crippen LogP contribution in [0.1, 0.15) is 32.6 Å². The van der Waals surface area contributed by atoms with Gasteiger partial charge in [0.05, 0.1) is 21.4 Å². The third-order valence-corrected chi connectivity index (χ3v) is 5.18. The van der Waals surface area contributed by atoms with Crippen LogP contribution in [-0.4, -0.2) is 16.1 Å². The summed E-state index contributed by atoms with van der Waals surface area (Å²) in [7, 11) is 0. The highest BCUT2D eigenvalue weighted by molar-refractivity contribution is 6.42. The number of aromatic nitrogens is 2. The molecule has 0 aliphatic rings. The summed E-state index contributed by atoms with van der Waals surface area (Å²) in [5.74, 6) is 0.716. The van der Waals surface area contributed by atoms with E-state index in [4.69, 9.17) is 23.2 Å². The zero-order valence-electron chi connectivity index (χ0n) is 15.3. The molecule has 0 spiro atoms. The van der Waals surface area contributed by atoms with Crippen molar-refractivity contribution in [3.05, 3.63) is 69.1 Å². The normalized spacial score (nSPS) is 10.9. The molecular weight excluding hydrogens is 381 g/mol. The molecule has 142 valence electrons. The van der Waals surface area contributed by atoms with Gasteiger partial charge in [0.2, 0.25) is 0 Å². The molecule has 1 aromatic heterocycles. The SMILES string of the molecule is CCCCCCNc1[nH]c(=O)n(-c2ccc(Cl)c(Cl)c2)c1-c1ccccc1. The minimum absolute atomic E-state index is 0.219. The maximum atomic E-state index is 12.8. The molecule has 1 heterocycles. The topological polar surface area (TPSA) is 49.8 Å². The molecule has 0 aliphatic carbocycles. The number of unbranched alkanes of at least 4 members (excludes halogenated alkanes) is 3. The predicted molar refractivity (Wildman–Crippen MR) is 114 cm³/mol. The zero-order valence-corrected chi connectivity index (χ0v) is 16.8. The molecule has 0 saturated heterocycles. The van der Waals surface area contributed by atoms with Gasteiger partial charge in [0.25, 0.3) is 0 Å². The highest BCUT2D eigenvalue weighted by atomic mass is 35.5. The molecule has 0 unspecified atom stereocenters. The van der Waals surface area contributed by atoms with Crippen molar-refractivity contribution in [1.29, 1.82) is 0 Å². The minimum atomic E-state index is -0.219. The number of rotatable bonds is 8. The number of nitrogens with zero attached hydrogens (tertiary/aromatic N) is 1. The van der Waals surface area contributed by atoms with Crippen LogP contribution < -0.4 is 11.0 Å². The Morgan fingerprint density at radius 2 is 1.78 bits per heavy atom. The van der Waals surface area contributed by atoms with Crippen LogP contribution in [0.4, 0.5) is 5.82 Å². The molecule has 0 aliphatic heterocycles. The van der Waals surface area contributed by atoms with Gasteiger partial charge in [0.15, 0.2) is 0 Å². The van der Waals surface area contributed by atoms with E-state index in [0.29, 0.717) is 21.6 Å². The standard InChI is InChI=1S/C21H23Cl2N3O/c1-2-3-4-8-13-24-20-19(15-9-6-5-7-10-15)26(21(27)25-20)16-11-12-17(22)18(23)14-16/h5-7,9-12,14,24H,2-4,8,13H2,1H3,(H,25,27). The number of benzene rings is 2. The molecule has 0 fully saturated rings. The Labute approximate surface area is 169 Å². The molecule has 6 heteroatoms. The molecule has 0 bridgehead atoms. The summed E-state index contributed by atoms with van der Waals surface area (Å²) < 4.78 is 1.63. The van der Waals surface area contributed by atoms with Crippen LogP contribution in [-0.2, 0) is 0 Å². The number of anilines is 1. The Morgan fingerprint density at radius 1 is 1.00 bits per heavy atom. The molecule has 27 heavy (non-hydrogen) atoms. The van der Waals surface area contributed by atoms with Gasteiger partial charge in [-0.05, 0) is 24.6 Å². The van der Waals surface area contributed by atoms with E-state index < -0.39 is 0 Å². The van der Waals surface area contributed by atoms with Crippen LogP contribution in [0.15, 0.2) is 53.3 Å². The van der Waals surface area contributed by atoms with Crippen LogP contribution in [0, 0.1) is 0 Å². The van der Waals surface area contributed by atoms with Gasteiger partial charge in [-0.25, -0.2) is 4.79 Å². The molecule has 2 aromatic carbocycles. The number of H-pyrrole nitrogens is 1. The monoisotopic (exact) mass is 403 g/mol. The van der Waals surface area contributed by atoms with Crippen LogP contribution in [0.5, 0.6) is 0 Å². The Hall–Kier alpha value is -2.17. The van der Waals surface area contributed by atoms with Crippen molar-refractivity contribution in [3.63, 3.8) is 0 Å². The summed E-state index contributed by atoms with van der Waals surface area (Å²) in [5, 5.41) is 4.26. The lowest BCUT2D eigenvalue weighted by Crippen LogP contribution is -2.15. The third-order valence-electron chi connectivity index (χ3n) is 4.44. The van der Waals surface area contributed by atoms with Crippen molar-refractivity contribution in [2.24, 2.45) is 0 Å². The first-order chi connectivity index (χ1) is 13.1. The molecule has 0 atom stereocenters.